The van der Waals surface area contributed by atoms with Crippen molar-refractivity contribution in [2.24, 2.45) is 16.7 Å². The van der Waals surface area contributed by atoms with E-state index in [0.29, 0.717) is 5.41 Å². The van der Waals surface area contributed by atoms with Crippen LogP contribution >= 0.6 is 0 Å². The van der Waals surface area contributed by atoms with E-state index in [1.807, 2.05) is 0 Å². The van der Waals surface area contributed by atoms with Crippen molar-refractivity contribution in [3.05, 3.63) is 0 Å². The molecule has 2 fully saturated rings. The van der Waals surface area contributed by atoms with E-state index in [4.69, 9.17) is 0 Å². The SMILES string of the molecule is CC(C)(C)CC1(C2CCNCC2)CC1. The lowest BCUT2D eigenvalue weighted by molar-refractivity contribution is 0.167. The molecule has 2 rings (SSSR count). The normalized spacial score (nSPS) is 27.6. The molecular formula is C13H25N. The van der Waals surface area contributed by atoms with Gasteiger partial charge in [-0.1, -0.05) is 20.8 Å². The number of nitrogens with one attached hydrogen (secondary N) is 1. The molecule has 1 saturated carbocycles. The molecule has 1 heterocycles. The molecule has 1 N–H and O–H groups in total. The first-order valence-electron chi connectivity index (χ1n) is 6.23. The molecule has 0 unspecified atom stereocenters. The fourth-order valence-electron chi connectivity index (χ4n) is 3.38. The molecule has 1 aliphatic carbocycles. The Morgan fingerprint density at radius 2 is 1.71 bits per heavy atom. The molecule has 1 nitrogen and oxygen atoms in total. The van der Waals surface area contributed by atoms with Gasteiger partial charge in [-0.25, -0.2) is 0 Å². The molecular weight excluding hydrogens is 170 g/mol. The fraction of sp³-hybridized carbons (Fsp3) is 1.00. The molecule has 14 heavy (non-hydrogen) atoms. The fourth-order valence-corrected chi connectivity index (χ4v) is 3.38. The average molecular weight is 195 g/mol. The quantitative estimate of drug-likeness (QED) is 0.713. The lowest BCUT2D eigenvalue weighted by Crippen LogP contribution is -2.34. The first-order valence-corrected chi connectivity index (χ1v) is 6.23. The average Bonchev–Trinajstić information content (AvgIpc) is 2.85. The third-order valence-corrected chi connectivity index (χ3v) is 3.98. The Labute approximate surface area is 88.7 Å². The zero-order chi connectivity index (χ0) is 10.2. The summed E-state index contributed by atoms with van der Waals surface area (Å²) in [4.78, 5) is 0. The van der Waals surface area contributed by atoms with Crippen LogP contribution in [0.15, 0.2) is 0 Å². The van der Waals surface area contributed by atoms with Crippen molar-refractivity contribution in [2.45, 2.75) is 52.9 Å². The molecule has 0 radical (unpaired) electrons. The van der Waals surface area contributed by atoms with Crippen molar-refractivity contribution in [2.75, 3.05) is 13.1 Å². The first-order chi connectivity index (χ1) is 6.52. The Bertz CT molecular complexity index is 192. The van der Waals surface area contributed by atoms with Gasteiger partial charge in [-0.2, -0.15) is 0 Å². The highest BCUT2D eigenvalue weighted by Crippen LogP contribution is 2.60. The van der Waals surface area contributed by atoms with Crippen molar-refractivity contribution in [3.8, 4) is 0 Å². The van der Waals surface area contributed by atoms with Gasteiger partial charge in [0.05, 0.1) is 0 Å². The van der Waals surface area contributed by atoms with Gasteiger partial charge in [0.25, 0.3) is 0 Å². The molecule has 1 aliphatic heterocycles. The van der Waals surface area contributed by atoms with Gasteiger partial charge in [0.2, 0.25) is 0 Å². The second kappa shape index (κ2) is 3.52. The lowest BCUT2D eigenvalue weighted by Gasteiger charge is -2.35. The Kier molecular flexibility index (Phi) is 2.63. The van der Waals surface area contributed by atoms with Gasteiger partial charge in [0.1, 0.15) is 0 Å². The maximum absolute atomic E-state index is 3.48. The van der Waals surface area contributed by atoms with E-state index in [1.54, 1.807) is 0 Å². The zero-order valence-electron chi connectivity index (χ0n) is 10.0. The van der Waals surface area contributed by atoms with Crippen LogP contribution in [0.2, 0.25) is 0 Å². The van der Waals surface area contributed by atoms with E-state index in [0.717, 1.165) is 11.3 Å². The van der Waals surface area contributed by atoms with Crippen molar-refractivity contribution in [3.63, 3.8) is 0 Å². The van der Waals surface area contributed by atoms with Crippen molar-refractivity contribution in [1.29, 1.82) is 0 Å². The molecule has 0 amide bonds. The molecule has 0 atom stereocenters. The summed E-state index contributed by atoms with van der Waals surface area (Å²) in [6.07, 6.45) is 7.32. The predicted octanol–water partition coefficient (Wildman–Crippen LogP) is 3.20. The van der Waals surface area contributed by atoms with Gasteiger partial charge in [0, 0.05) is 0 Å². The topological polar surface area (TPSA) is 12.0 Å². The predicted molar refractivity (Wildman–Crippen MR) is 61.3 cm³/mol. The highest BCUT2D eigenvalue weighted by Gasteiger charge is 2.50. The van der Waals surface area contributed by atoms with Crippen LogP contribution in [0.4, 0.5) is 0 Å². The first kappa shape index (κ1) is 10.5. The van der Waals surface area contributed by atoms with E-state index in [-0.39, 0.29) is 0 Å². The molecule has 0 spiro atoms. The minimum absolute atomic E-state index is 0.529. The molecule has 0 aromatic rings. The molecule has 0 aromatic carbocycles. The van der Waals surface area contributed by atoms with Crippen LogP contribution in [0.3, 0.4) is 0 Å². The van der Waals surface area contributed by atoms with Gasteiger partial charge < -0.3 is 5.32 Å². The van der Waals surface area contributed by atoms with Gasteiger partial charge in [-0.15, -0.1) is 0 Å². The third-order valence-electron chi connectivity index (χ3n) is 3.98. The number of hydrogen-bond acceptors (Lipinski definition) is 1. The molecule has 2 aliphatic rings. The van der Waals surface area contributed by atoms with Crippen LogP contribution in [0.1, 0.15) is 52.9 Å². The smallest absolute Gasteiger partial charge is 0.00461 e. The van der Waals surface area contributed by atoms with Gasteiger partial charge in [0.15, 0.2) is 0 Å². The van der Waals surface area contributed by atoms with E-state index in [9.17, 15) is 0 Å². The van der Waals surface area contributed by atoms with E-state index >= 15 is 0 Å². The van der Waals surface area contributed by atoms with Crippen molar-refractivity contribution < 1.29 is 0 Å². The van der Waals surface area contributed by atoms with Gasteiger partial charge >= 0.3 is 0 Å². The third kappa shape index (κ3) is 2.31. The summed E-state index contributed by atoms with van der Waals surface area (Å²) in [5.74, 6) is 1.03. The van der Waals surface area contributed by atoms with Crippen LogP contribution < -0.4 is 5.32 Å². The zero-order valence-corrected chi connectivity index (χ0v) is 10.0. The van der Waals surface area contributed by atoms with Crippen molar-refractivity contribution in [1.82, 2.24) is 5.32 Å². The minimum atomic E-state index is 0.529. The van der Waals surface area contributed by atoms with Gasteiger partial charge in [-0.05, 0) is 61.9 Å². The molecule has 82 valence electrons. The maximum Gasteiger partial charge on any atom is -0.00461 e. The Hall–Kier alpha value is -0.0400. The largest absolute Gasteiger partial charge is 0.317 e. The molecule has 1 saturated heterocycles. The molecule has 1 heteroatoms. The van der Waals surface area contributed by atoms with E-state index < -0.39 is 0 Å². The Morgan fingerprint density at radius 1 is 1.14 bits per heavy atom. The van der Waals surface area contributed by atoms with Crippen LogP contribution in [0, 0.1) is 16.7 Å². The summed E-state index contributed by atoms with van der Waals surface area (Å²) < 4.78 is 0. The number of hydrogen-bond donors (Lipinski definition) is 1. The highest BCUT2D eigenvalue weighted by atomic mass is 14.9. The van der Waals surface area contributed by atoms with Crippen LogP contribution in [-0.4, -0.2) is 13.1 Å². The van der Waals surface area contributed by atoms with Crippen LogP contribution in [0.5, 0.6) is 0 Å². The summed E-state index contributed by atoms with van der Waals surface area (Å²) in [6, 6.07) is 0. The summed E-state index contributed by atoms with van der Waals surface area (Å²) >= 11 is 0. The standard InChI is InChI=1S/C13H25N/c1-12(2,3)10-13(6-7-13)11-4-8-14-9-5-11/h11,14H,4-10H2,1-3H3. The van der Waals surface area contributed by atoms with Crippen LogP contribution in [0.25, 0.3) is 0 Å². The molecule has 0 aromatic heterocycles. The highest BCUT2D eigenvalue weighted by molar-refractivity contribution is 5.01. The van der Waals surface area contributed by atoms with Crippen molar-refractivity contribution >= 4 is 0 Å². The number of piperidine rings is 1. The van der Waals surface area contributed by atoms with Gasteiger partial charge in [-0.3, -0.25) is 0 Å². The summed E-state index contributed by atoms with van der Waals surface area (Å²) in [5.41, 5.74) is 1.29. The summed E-state index contributed by atoms with van der Waals surface area (Å²) in [6.45, 7) is 9.71. The summed E-state index contributed by atoms with van der Waals surface area (Å²) in [7, 11) is 0. The monoisotopic (exact) mass is 195 g/mol. The maximum atomic E-state index is 3.48. The number of rotatable bonds is 2. The Balaban J connectivity index is 1.94. The second-order valence-electron chi connectivity index (χ2n) is 6.62. The Morgan fingerprint density at radius 3 is 2.14 bits per heavy atom. The minimum Gasteiger partial charge on any atom is -0.317 e. The van der Waals surface area contributed by atoms with E-state index in [1.165, 1.54) is 45.2 Å². The van der Waals surface area contributed by atoms with Crippen LogP contribution in [-0.2, 0) is 0 Å². The lowest BCUT2D eigenvalue weighted by atomic mass is 9.73. The van der Waals surface area contributed by atoms with E-state index in [2.05, 4.69) is 26.1 Å². The molecule has 0 bridgehead atoms. The summed E-state index contributed by atoms with van der Waals surface area (Å²) in [5, 5.41) is 3.48. The second-order valence-corrected chi connectivity index (χ2v) is 6.62.